The monoisotopic (exact) mass is 815 g/mol. The molecule has 5 rings (SSSR count). The Bertz CT molecular complexity index is 1650. The van der Waals surface area contributed by atoms with Crippen molar-refractivity contribution < 1.29 is 21.1 Å². The van der Waals surface area contributed by atoms with Gasteiger partial charge in [0, 0.05) is 12.7 Å². The smallest absolute Gasteiger partial charge is 0.770 e. The van der Waals surface area contributed by atoms with Crippen LogP contribution in [0.4, 0.5) is 0 Å². The molecule has 0 N–H and O–H groups in total. The molecule has 3 heterocycles. The summed E-state index contributed by atoms with van der Waals surface area (Å²) >= 11 is 8.70. The van der Waals surface area contributed by atoms with Gasteiger partial charge < -0.3 is 43.8 Å². The number of fused-ring (bicyclic) bond motifs is 3. The molecule has 9 heteroatoms. The molecule has 3 aliphatic rings. The Kier molecular flexibility index (Phi) is 12.1. The van der Waals surface area contributed by atoms with Gasteiger partial charge >= 0.3 is 21.1 Å². The first-order valence-electron chi connectivity index (χ1n) is 15.0. The van der Waals surface area contributed by atoms with Crippen molar-refractivity contribution in [3.8, 4) is 34.9 Å². The number of benzene rings is 2. The standard InChI is InChI=1S/C32H40N4.C4H2N2S2.Pt/c1-21(2)27-11-9-12-28(22(3)4)31(27)33-17-25-15-16-26-18-34(20-36(26)35(25)19-33)32-29(23(5)6)13-10-14-30(32)24(7)8;5-1-3(7)4(8)2-6;/h9-24H,1-8H3;7-8H;/q-2;;+4/p-2. The van der Waals surface area contributed by atoms with Crippen LogP contribution in [-0.4, -0.2) is 18.5 Å². The summed E-state index contributed by atoms with van der Waals surface area (Å²) in [7, 11) is 0. The zero-order valence-corrected chi connectivity index (χ0v) is 31.0. The molecular weight excluding hydrogens is 776 g/mol. The van der Waals surface area contributed by atoms with Crippen LogP contribution < -0.4 is 0 Å². The molecule has 0 aromatic heterocycles. The molecule has 0 amide bonds. The second kappa shape index (κ2) is 15.2. The van der Waals surface area contributed by atoms with Gasteiger partial charge in [-0.1, -0.05) is 139 Å². The van der Waals surface area contributed by atoms with Crippen molar-refractivity contribution in [2.75, 3.05) is 0 Å². The third-order valence-corrected chi connectivity index (χ3v) is 8.53. The third-order valence-electron chi connectivity index (χ3n) is 7.81. The van der Waals surface area contributed by atoms with Crippen LogP contribution in [0.3, 0.4) is 0 Å². The van der Waals surface area contributed by atoms with Crippen LogP contribution in [-0.2, 0) is 46.3 Å². The molecule has 0 spiro atoms. The number of aromatic nitrogens is 4. The van der Waals surface area contributed by atoms with Gasteiger partial charge in [-0.3, -0.25) is 0 Å². The Balaban J connectivity index is 0.000000544. The molecule has 0 radical (unpaired) electrons. The van der Waals surface area contributed by atoms with E-state index in [4.69, 9.17) is 10.5 Å². The average molecular weight is 816 g/mol. The van der Waals surface area contributed by atoms with Crippen LogP contribution in [0.1, 0.15) is 101 Å². The van der Waals surface area contributed by atoms with Crippen molar-refractivity contribution in [1.29, 1.82) is 10.5 Å². The minimum Gasteiger partial charge on any atom is -0.770 e. The summed E-state index contributed by atoms with van der Waals surface area (Å²) in [6.45, 7) is 18.3. The first-order chi connectivity index (χ1) is 20.9. The van der Waals surface area contributed by atoms with Gasteiger partial charge in [0.15, 0.2) is 0 Å². The zero-order valence-electron chi connectivity index (χ0n) is 27.1. The van der Waals surface area contributed by atoms with Crippen LogP contribution in [0.25, 0.3) is 22.7 Å². The average Bonchev–Trinajstić information content (AvgIpc) is 3.64. The molecule has 0 unspecified atom stereocenters. The van der Waals surface area contributed by atoms with Crippen LogP contribution >= 0.6 is 0 Å². The van der Waals surface area contributed by atoms with E-state index >= 15 is 0 Å². The summed E-state index contributed by atoms with van der Waals surface area (Å²) in [4.78, 5) is -0.218. The van der Waals surface area contributed by atoms with E-state index in [0.717, 1.165) is 0 Å². The van der Waals surface area contributed by atoms with E-state index in [1.807, 2.05) is 0 Å². The molecular formula is C36H40N6PtS2. The summed E-state index contributed by atoms with van der Waals surface area (Å²) in [6.07, 6.45) is 8.99. The molecule has 0 bridgehead atoms. The van der Waals surface area contributed by atoms with Gasteiger partial charge in [0.25, 0.3) is 0 Å². The van der Waals surface area contributed by atoms with Crippen molar-refractivity contribution in [1.82, 2.24) is 18.5 Å². The number of imidazole rings is 2. The van der Waals surface area contributed by atoms with Gasteiger partial charge in [-0.2, -0.15) is 10.5 Å². The summed E-state index contributed by atoms with van der Waals surface area (Å²) in [6, 6.07) is 21.1. The maximum absolute atomic E-state index is 8.01. The Morgan fingerprint density at radius 3 is 1.11 bits per heavy atom. The molecule has 3 aliphatic heterocycles. The SMILES string of the molecule is CC(C)c1cccc(C(C)C)c1-n1cc2ccc3cn(-c4c(C(C)C)cccc4C(C)C)[cH-]n-3n-2[cH-]1.N#CC([S-])=C([S-])C#N.[Pt+4]. The number of nitriles is 2. The second-order valence-electron chi connectivity index (χ2n) is 12.2. The van der Waals surface area contributed by atoms with E-state index in [2.05, 4.69) is 173 Å². The Labute approximate surface area is 293 Å². The van der Waals surface area contributed by atoms with Gasteiger partial charge in [-0.25, -0.2) is 0 Å². The van der Waals surface area contributed by atoms with Crippen molar-refractivity contribution in [2.45, 2.75) is 79.1 Å². The minimum atomic E-state index is -0.109. The van der Waals surface area contributed by atoms with Gasteiger partial charge in [-0.15, -0.1) is 9.81 Å². The Morgan fingerprint density at radius 1 is 0.578 bits per heavy atom. The number of hydrogen-bond donors (Lipinski definition) is 0. The molecule has 0 saturated carbocycles. The molecule has 2 aromatic carbocycles. The molecule has 45 heavy (non-hydrogen) atoms. The molecule has 0 aliphatic carbocycles. The Morgan fingerprint density at radius 2 is 0.867 bits per heavy atom. The fraction of sp³-hybridized carbons (Fsp3) is 0.333. The van der Waals surface area contributed by atoms with Crippen molar-refractivity contribution in [3.05, 3.63) is 106 Å². The van der Waals surface area contributed by atoms with Gasteiger partial charge in [0.05, 0.1) is 12.1 Å². The summed E-state index contributed by atoms with van der Waals surface area (Å²) < 4.78 is 9.18. The van der Waals surface area contributed by atoms with Crippen molar-refractivity contribution in [3.63, 3.8) is 0 Å². The second-order valence-corrected chi connectivity index (χ2v) is 13.1. The van der Waals surface area contributed by atoms with Crippen molar-refractivity contribution in [2.24, 2.45) is 0 Å². The zero-order chi connectivity index (χ0) is 32.3. The summed E-state index contributed by atoms with van der Waals surface area (Å²) in [5.74, 6) is 1.80. The summed E-state index contributed by atoms with van der Waals surface area (Å²) in [5, 5.41) is 16.0. The number of nitrogens with zero attached hydrogens (tertiary/aromatic N) is 6. The normalized spacial score (nSPS) is 11.8. The molecule has 6 nitrogen and oxygen atoms in total. The third kappa shape index (κ3) is 7.47. The molecule has 236 valence electrons. The van der Waals surface area contributed by atoms with Crippen LogP contribution in [0.15, 0.2) is 83.4 Å². The largest absolute Gasteiger partial charge is 4.00 e. The topological polar surface area (TPSA) is 67.3 Å². The Hall–Kier alpha value is -3.55. The van der Waals surface area contributed by atoms with E-state index in [1.54, 1.807) is 12.1 Å². The number of para-hydroxylation sites is 2. The molecule has 0 saturated heterocycles. The van der Waals surface area contributed by atoms with E-state index in [-0.39, 0.29) is 30.9 Å². The van der Waals surface area contributed by atoms with Crippen molar-refractivity contribution >= 4 is 25.3 Å². The predicted octanol–water partition coefficient (Wildman–Crippen LogP) is 9.12. The number of hydrogen-bond acceptors (Lipinski definition) is 4. The predicted molar refractivity (Wildman–Crippen MR) is 184 cm³/mol. The number of allylic oxidation sites excluding steroid dienone is 2. The molecule has 0 fully saturated rings. The van der Waals surface area contributed by atoms with Crippen LogP contribution in [0.5, 0.6) is 0 Å². The maximum atomic E-state index is 8.01. The molecule has 2 aromatic rings. The first kappa shape index (κ1) is 35.9. The quantitative estimate of drug-likeness (QED) is 0.0975. The fourth-order valence-electron chi connectivity index (χ4n) is 5.57. The van der Waals surface area contributed by atoms with Crippen LogP contribution in [0, 0.1) is 22.7 Å². The van der Waals surface area contributed by atoms with E-state index in [1.165, 1.54) is 45.0 Å². The first-order valence-corrected chi connectivity index (χ1v) is 15.8. The maximum Gasteiger partial charge on any atom is 4.00 e. The number of rotatable bonds is 6. The van der Waals surface area contributed by atoms with Gasteiger partial charge in [0.2, 0.25) is 0 Å². The van der Waals surface area contributed by atoms with E-state index in [0.29, 0.717) is 23.7 Å². The van der Waals surface area contributed by atoms with E-state index in [9.17, 15) is 0 Å². The molecule has 0 atom stereocenters. The van der Waals surface area contributed by atoms with E-state index < -0.39 is 0 Å². The minimum absolute atomic E-state index is 0. The van der Waals surface area contributed by atoms with Crippen LogP contribution in [0.2, 0.25) is 0 Å². The summed E-state index contributed by atoms with van der Waals surface area (Å²) in [5.41, 5.74) is 10.5. The van der Waals surface area contributed by atoms with Gasteiger partial charge in [0.1, 0.15) is 0 Å². The van der Waals surface area contributed by atoms with Gasteiger partial charge in [-0.05, 0) is 46.4 Å². The fourth-order valence-corrected chi connectivity index (χ4v) is 5.67.